The monoisotopic (exact) mass is 330 g/mol. The molecular formula is C17H34N2O2S. The highest BCUT2D eigenvalue weighted by Crippen LogP contribution is 2.39. The molecule has 2 fully saturated rings. The third-order valence-corrected chi connectivity index (χ3v) is 5.32. The predicted molar refractivity (Wildman–Crippen MR) is 94.4 cm³/mol. The lowest BCUT2D eigenvalue weighted by Crippen LogP contribution is -2.48. The zero-order chi connectivity index (χ0) is 16.2. The van der Waals surface area contributed by atoms with Gasteiger partial charge < -0.3 is 9.84 Å². The van der Waals surface area contributed by atoms with Gasteiger partial charge in [-0.3, -0.25) is 9.80 Å². The lowest BCUT2D eigenvalue weighted by molar-refractivity contribution is -0.0250. The van der Waals surface area contributed by atoms with E-state index < -0.39 is 0 Å². The molecule has 0 aromatic carbocycles. The summed E-state index contributed by atoms with van der Waals surface area (Å²) in [6.45, 7) is 12.9. The molecule has 3 atom stereocenters. The molecule has 0 amide bonds. The first-order valence-corrected chi connectivity index (χ1v) is 9.25. The molecule has 0 radical (unpaired) electrons. The summed E-state index contributed by atoms with van der Waals surface area (Å²) in [5.41, 5.74) is 0.412. The van der Waals surface area contributed by atoms with Gasteiger partial charge in [0, 0.05) is 38.0 Å². The van der Waals surface area contributed by atoms with Crippen molar-refractivity contribution in [2.24, 2.45) is 11.3 Å². The average molecular weight is 331 g/mol. The number of hydrogen-bond acceptors (Lipinski definition) is 5. The van der Waals surface area contributed by atoms with Crippen LogP contribution in [-0.4, -0.2) is 72.3 Å². The van der Waals surface area contributed by atoms with Crippen molar-refractivity contribution >= 4 is 12.6 Å². The number of aliphatic hydroxyl groups excluding tert-OH is 1. The SMILES string of the molecule is C[C@@H]1C[C@@H](OC[C@@H](S)CN2CCN(CO)CC2)CC(C)(C)C1. The van der Waals surface area contributed by atoms with Gasteiger partial charge in [-0.2, -0.15) is 12.6 Å². The number of ether oxygens (including phenoxy) is 1. The van der Waals surface area contributed by atoms with Gasteiger partial charge in [0.2, 0.25) is 0 Å². The summed E-state index contributed by atoms with van der Waals surface area (Å²) in [6.07, 6.45) is 4.08. The predicted octanol–water partition coefficient (Wildman–Crippen LogP) is 2.08. The Morgan fingerprint density at radius 1 is 1.18 bits per heavy atom. The number of rotatable bonds is 6. The first-order chi connectivity index (χ1) is 10.4. The quantitative estimate of drug-likeness (QED) is 0.731. The minimum atomic E-state index is 0.177. The normalized spacial score (nSPS) is 32.0. The van der Waals surface area contributed by atoms with E-state index in [4.69, 9.17) is 22.5 Å². The van der Waals surface area contributed by atoms with Crippen molar-refractivity contribution in [1.29, 1.82) is 0 Å². The fourth-order valence-corrected chi connectivity index (χ4v) is 4.41. The van der Waals surface area contributed by atoms with Crippen LogP contribution >= 0.6 is 12.6 Å². The average Bonchev–Trinajstić information content (AvgIpc) is 2.44. The number of aliphatic hydroxyl groups is 1. The maximum Gasteiger partial charge on any atom is 0.0957 e. The van der Waals surface area contributed by atoms with Crippen LogP contribution in [0.1, 0.15) is 40.0 Å². The summed E-state index contributed by atoms with van der Waals surface area (Å²) in [6, 6.07) is 0. The maximum absolute atomic E-state index is 9.12. The molecule has 2 aliphatic rings. The van der Waals surface area contributed by atoms with E-state index in [1.54, 1.807) is 0 Å². The second-order valence-corrected chi connectivity index (χ2v) is 8.81. The molecule has 1 aliphatic carbocycles. The maximum atomic E-state index is 9.12. The highest BCUT2D eigenvalue weighted by Gasteiger charge is 2.32. The summed E-state index contributed by atoms with van der Waals surface area (Å²) >= 11 is 4.72. The Labute approximate surface area is 141 Å². The third-order valence-electron chi connectivity index (χ3n) is 5.00. The standard InChI is InChI=1S/C17H34N2O2S/c1-14-8-15(10-17(2,3)9-14)21-12-16(22)11-18-4-6-19(13-20)7-5-18/h14-16,20,22H,4-13H2,1-3H3/t14-,15-,16+/m1/s1. The van der Waals surface area contributed by atoms with Crippen LogP contribution in [0, 0.1) is 11.3 Å². The van der Waals surface area contributed by atoms with Gasteiger partial charge in [-0.15, -0.1) is 0 Å². The van der Waals surface area contributed by atoms with E-state index in [2.05, 4.69) is 30.6 Å². The van der Waals surface area contributed by atoms with E-state index in [-0.39, 0.29) is 12.0 Å². The molecule has 1 heterocycles. The molecule has 0 bridgehead atoms. The van der Waals surface area contributed by atoms with Crippen LogP contribution in [0.4, 0.5) is 0 Å². The molecule has 130 valence electrons. The van der Waals surface area contributed by atoms with E-state index in [0.29, 0.717) is 11.5 Å². The Bertz CT molecular complexity index is 333. The second-order valence-electron chi connectivity index (χ2n) is 8.08. The first-order valence-electron chi connectivity index (χ1n) is 8.73. The highest BCUT2D eigenvalue weighted by atomic mass is 32.1. The van der Waals surface area contributed by atoms with Crippen molar-refractivity contribution in [3.63, 3.8) is 0 Å². The minimum Gasteiger partial charge on any atom is -0.381 e. The minimum absolute atomic E-state index is 0.177. The summed E-state index contributed by atoms with van der Waals surface area (Å²) in [4.78, 5) is 4.51. The van der Waals surface area contributed by atoms with E-state index in [9.17, 15) is 0 Å². The molecule has 2 rings (SSSR count). The van der Waals surface area contributed by atoms with Crippen LogP contribution in [0.3, 0.4) is 0 Å². The second kappa shape index (κ2) is 8.34. The van der Waals surface area contributed by atoms with Gasteiger partial charge in [0.25, 0.3) is 0 Å². The van der Waals surface area contributed by atoms with Crippen LogP contribution in [0.15, 0.2) is 0 Å². The van der Waals surface area contributed by atoms with Crippen molar-refractivity contribution in [3.05, 3.63) is 0 Å². The van der Waals surface area contributed by atoms with Gasteiger partial charge in [0.05, 0.1) is 19.4 Å². The van der Waals surface area contributed by atoms with Gasteiger partial charge in [0.15, 0.2) is 0 Å². The number of nitrogens with zero attached hydrogens (tertiary/aromatic N) is 2. The van der Waals surface area contributed by atoms with Crippen LogP contribution < -0.4 is 0 Å². The van der Waals surface area contributed by atoms with E-state index in [1.165, 1.54) is 19.3 Å². The smallest absolute Gasteiger partial charge is 0.0957 e. The Hall–Kier alpha value is 0.190. The van der Waals surface area contributed by atoms with Crippen LogP contribution in [-0.2, 0) is 4.74 Å². The molecule has 1 N–H and O–H groups in total. The number of hydrogen-bond donors (Lipinski definition) is 2. The molecule has 0 unspecified atom stereocenters. The first kappa shape index (κ1) is 18.5. The summed E-state index contributed by atoms with van der Waals surface area (Å²) < 4.78 is 6.18. The van der Waals surface area contributed by atoms with Gasteiger partial charge in [-0.25, -0.2) is 0 Å². The third kappa shape index (κ3) is 6.00. The Kier molecular flexibility index (Phi) is 7.02. The fourth-order valence-electron chi connectivity index (χ4n) is 4.10. The van der Waals surface area contributed by atoms with Crippen molar-refractivity contribution in [1.82, 2.24) is 9.80 Å². The molecule has 1 saturated carbocycles. The van der Waals surface area contributed by atoms with E-state index in [1.807, 2.05) is 0 Å². The summed E-state index contributed by atoms with van der Waals surface area (Å²) in [7, 11) is 0. The molecule has 0 aromatic heterocycles. The van der Waals surface area contributed by atoms with Gasteiger partial charge in [0.1, 0.15) is 0 Å². The molecule has 1 saturated heterocycles. The Morgan fingerprint density at radius 3 is 2.41 bits per heavy atom. The largest absolute Gasteiger partial charge is 0.381 e. The van der Waals surface area contributed by atoms with E-state index >= 15 is 0 Å². The molecule has 22 heavy (non-hydrogen) atoms. The lowest BCUT2D eigenvalue weighted by atomic mass is 9.71. The molecule has 0 aromatic rings. The zero-order valence-electron chi connectivity index (χ0n) is 14.5. The Balaban J connectivity index is 1.66. The molecule has 1 aliphatic heterocycles. The topological polar surface area (TPSA) is 35.9 Å². The van der Waals surface area contributed by atoms with E-state index in [0.717, 1.165) is 45.2 Å². The van der Waals surface area contributed by atoms with Crippen LogP contribution in [0.5, 0.6) is 0 Å². The molecular weight excluding hydrogens is 296 g/mol. The van der Waals surface area contributed by atoms with Crippen molar-refractivity contribution in [3.8, 4) is 0 Å². The highest BCUT2D eigenvalue weighted by molar-refractivity contribution is 7.81. The lowest BCUT2D eigenvalue weighted by Gasteiger charge is -2.39. The van der Waals surface area contributed by atoms with Gasteiger partial charge in [-0.1, -0.05) is 20.8 Å². The van der Waals surface area contributed by atoms with Crippen LogP contribution in [0.25, 0.3) is 0 Å². The zero-order valence-corrected chi connectivity index (χ0v) is 15.4. The Morgan fingerprint density at radius 2 is 1.82 bits per heavy atom. The molecule has 4 nitrogen and oxygen atoms in total. The van der Waals surface area contributed by atoms with Gasteiger partial charge in [-0.05, 0) is 30.6 Å². The fraction of sp³-hybridized carbons (Fsp3) is 1.00. The van der Waals surface area contributed by atoms with Crippen molar-refractivity contribution in [2.75, 3.05) is 46.1 Å². The van der Waals surface area contributed by atoms with Gasteiger partial charge >= 0.3 is 0 Å². The molecule has 0 spiro atoms. The van der Waals surface area contributed by atoms with Crippen molar-refractivity contribution in [2.45, 2.75) is 51.4 Å². The summed E-state index contributed by atoms with van der Waals surface area (Å²) in [5.74, 6) is 0.763. The van der Waals surface area contributed by atoms with Crippen LogP contribution in [0.2, 0.25) is 0 Å². The number of thiol groups is 1. The van der Waals surface area contributed by atoms with Crippen molar-refractivity contribution < 1.29 is 9.84 Å². The number of piperazine rings is 1. The molecule has 5 heteroatoms. The summed E-state index contributed by atoms with van der Waals surface area (Å²) in [5, 5.41) is 9.40.